The van der Waals surface area contributed by atoms with Crippen molar-refractivity contribution in [2.24, 2.45) is 0 Å². The lowest BCUT2D eigenvalue weighted by molar-refractivity contribution is -0.135. The lowest BCUT2D eigenvalue weighted by atomic mass is 10.1. The molecule has 3 heterocycles. The summed E-state index contributed by atoms with van der Waals surface area (Å²) in [5.41, 5.74) is 1.87. The Hall–Kier alpha value is -3.26. The van der Waals surface area contributed by atoms with Crippen LogP contribution in [0.25, 0.3) is 0 Å². The highest BCUT2D eigenvalue weighted by Crippen LogP contribution is 2.19. The molecule has 29 heavy (non-hydrogen) atoms. The van der Waals surface area contributed by atoms with Gasteiger partial charge in [0.1, 0.15) is 6.04 Å². The number of hydrogen-bond acceptors (Lipinski definition) is 5. The molecule has 1 unspecified atom stereocenters. The lowest BCUT2D eigenvalue weighted by Crippen LogP contribution is -2.51. The number of rotatable bonds is 4. The molecule has 150 valence electrons. The number of benzene rings is 1. The normalized spacial score (nSPS) is 19.7. The Balaban J connectivity index is 1.32. The molecule has 2 aromatic rings. The van der Waals surface area contributed by atoms with Crippen molar-refractivity contribution in [2.45, 2.75) is 19.0 Å². The fraction of sp³-hybridized carbons (Fsp3) is 0.333. The van der Waals surface area contributed by atoms with Crippen molar-refractivity contribution in [3.63, 3.8) is 0 Å². The van der Waals surface area contributed by atoms with E-state index in [0.717, 1.165) is 25.3 Å². The van der Waals surface area contributed by atoms with Gasteiger partial charge in [0, 0.05) is 38.9 Å². The Morgan fingerprint density at radius 2 is 1.79 bits per heavy atom. The average molecular weight is 393 g/mol. The van der Waals surface area contributed by atoms with Gasteiger partial charge in [-0.1, -0.05) is 18.2 Å². The quantitative estimate of drug-likeness (QED) is 0.804. The van der Waals surface area contributed by atoms with Gasteiger partial charge in [-0.3, -0.25) is 24.3 Å². The van der Waals surface area contributed by atoms with E-state index in [9.17, 15) is 14.4 Å². The number of nitrogens with zero attached hydrogens (tertiary/aromatic N) is 3. The number of nitrogens with one attached hydrogen (secondary N) is 2. The lowest BCUT2D eigenvalue weighted by Gasteiger charge is -2.35. The summed E-state index contributed by atoms with van der Waals surface area (Å²) in [7, 11) is 0. The molecule has 1 saturated heterocycles. The summed E-state index contributed by atoms with van der Waals surface area (Å²) in [6.07, 6.45) is 1.73. The van der Waals surface area contributed by atoms with Gasteiger partial charge in [-0.05, 0) is 24.3 Å². The fourth-order valence-electron chi connectivity index (χ4n) is 3.64. The molecule has 1 atom stereocenters. The van der Waals surface area contributed by atoms with Gasteiger partial charge in [0.25, 0.3) is 5.91 Å². The van der Waals surface area contributed by atoms with E-state index in [4.69, 9.17) is 0 Å². The van der Waals surface area contributed by atoms with Crippen LogP contribution in [-0.4, -0.2) is 64.7 Å². The first-order chi connectivity index (χ1) is 14.1. The fourth-order valence-corrected chi connectivity index (χ4v) is 3.64. The molecular weight excluding hydrogens is 370 g/mol. The maximum Gasteiger partial charge on any atom is 0.254 e. The van der Waals surface area contributed by atoms with Crippen LogP contribution < -0.4 is 10.6 Å². The van der Waals surface area contributed by atoms with Crippen molar-refractivity contribution >= 4 is 23.4 Å². The van der Waals surface area contributed by atoms with Gasteiger partial charge < -0.3 is 15.5 Å². The maximum atomic E-state index is 12.7. The number of amides is 3. The van der Waals surface area contributed by atoms with Crippen LogP contribution in [0.15, 0.2) is 48.7 Å². The highest BCUT2D eigenvalue weighted by molar-refractivity contribution is 6.10. The molecule has 2 aliphatic heterocycles. The second-order valence-corrected chi connectivity index (χ2v) is 7.24. The van der Waals surface area contributed by atoms with Crippen LogP contribution in [0.5, 0.6) is 0 Å². The van der Waals surface area contributed by atoms with Crippen LogP contribution in [0, 0.1) is 0 Å². The number of carbonyl (C=O) groups is 3. The molecule has 2 N–H and O–H groups in total. The van der Waals surface area contributed by atoms with Gasteiger partial charge in [0.2, 0.25) is 11.8 Å². The summed E-state index contributed by atoms with van der Waals surface area (Å²) in [5.74, 6) is -0.851. The summed E-state index contributed by atoms with van der Waals surface area (Å²) < 4.78 is 0. The van der Waals surface area contributed by atoms with E-state index >= 15 is 0 Å². The van der Waals surface area contributed by atoms with Gasteiger partial charge in [-0.25, -0.2) is 0 Å². The minimum absolute atomic E-state index is 0.0498. The average Bonchev–Trinajstić information content (AvgIpc) is 2.85. The van der Waals surface area contributed by atoms with Crippen LogP contribution in [0.3, 0.4) is 0 Å². The van der Waals surface area contributed by atoms with Crippen LogP contribution in [0.4, 0.5) is 5.69 Å². The molecule has 0 bridgehead atoms. The van der Waals surface area contributed by atoms with Crippen LogP contribution >= 0.6 is 0 Å². The number of para-hydroxylation sites is 1. The van der Waals surface area contributed by atoms with E-state index in [2.05, 4.69) is 20.5 Å². The molecule has 0 spiro atoms. The monoisotopic (exact) mass is 393 g/mol. The highest BCUT2D eigenvalue weighted by atomic mass is 16.2. The van der Waals surface area contributed by atoms with E-state index in [1.54, 1.807) is 35.4 Å². The van der Waals surface area contributed by atoms with E-state index in [-0.39, 0.29) is 24.1 Å². The van der Waals surface area contributed by atoms with Crippen LogP contribution in [0.1, 0.15) is 22.5 Å². The third kappa shape index (κ3) is 4.43. The second kappa shape index (κ2) is 8.40. The molecule has 2 aliphatic rings. The number of hydrogen-bond donors (Lipinski definition) is 2. The van der Waals surface area contributed by atoms with Crippen molar-refractivity contribution in [1.29, 1.82) is 0 Å². The number of aromatic nitrogens is 1. The molecule has 0 saturated carbocycles. The number of fused-ring (bicyclic) bond motifs is 1. The van der Waals surface area contributed by atoms with E-state index in [0.29, 0.717) is 24.3 Å². The summed E-state index contributed by atoms with van der Waals surface area (Å²) >= 11 is 0. The Kier molecular flexibility index (Phi) is 5.53. The van der Waals surface area contributed by atoms with Gasteiger partial charge in [0.05, 0.1) is 23.4 Å². The Morgan fingerprint density at radius 3 is 2.55 bits per heavy atom. The summed E-state index contributed by atoms with van der Waals surface area (Å²) in [6, 6.07) is 11.8. The molecule has 0 radical (unpaired) electrons. The maximum absolute atomic E-state index is 12.7. The number of carbonyl (C=O) groups excluding carboxylic acids is 3. The third-order valence-electron chi connectivity index (χ3n) is 5.27. The zero-order chi connectivity index (χ0) is 20.2. The van der Waals surface area contributed by atoms with Gasteiger partial charge in [-0.2, -0.15) is 0 Å². The molecule has 4 rings (SSSR count). The minimum Gasteiger partial charge on any atom is -0.340 e. The molecule has 0 aliphatic carbocycles. The zero-order valence-corrected chi connectivity index (χ0v) is 16.0. The smallest absolute Gasteiger partial charge is 0.254 e. The predicted molar refractivity (Wildman–Crippen MR) is 107 cm³/mol. The SMILES string of the molecule is O=C1NC(CC(=O)N2CCN(Cc3ccccn3)CC2)C(=O)Nc2ccccc21. The van der Waals surface area contributed by atoms with Crippen molar-refractivity contribution < 1.29 is 14.4 Å². The molecule has 3 amide bonds. The Morgan fingerprint density at radius 1 is 1.03 bits per heavy atom. The van der Waals surface area contributed by atoms with Crippen molar-refractivity contribution in [3.8, 4) is 0 Å². The molecular formula is C21H23N5O3. The second-order valence-electron chi connectivity index (χ2n) is 7.24. The molecule has 1 aromatic heterocycles. The number of pyridine rings is 1. The first kappa shape index (κ1) is 19.1. The standard InChI is InChI=1S/C21H23N5O3/c27-19(26-11-9-25(10-12-26)14-15-5-3-4-8-22-15)13-18-21(29)23-17-7-2-1-6-16(17)20(28)24-18/h1-8,18H,9-14H2,(H,23,29)(H,24,28). The van der Waals surface area contributed by atoms with Crippen LogP contribution in [0.2, 0.25) is 0 Å². The minimum atomic E-state index is -0.881. The van der Waals surface area contributed by atoms with E-state index in [1.165, 1.54) is 0 Å². The molecule has 8 heteroatoms. The largest absolute Gasteiger partial charge is 0.340 e. The molecule has 8 nitrogen and oxygen atoms in total. The number of anilines is 1. The molecule has 1 aromatic carbocycles. The topological polar surface area (TPSA) is 94.6 Å². The van der Waals surface area contributed by atoms with Crippen molar-refractivity contribution in [2.75, 3.05) is 31.5 Å². The molecule has 1 fully saturated rings. The van der Waals surface area contributed by atoms with Gasteiger partial charge >= 0.3 is 0 Å². The zero-order valence-electron chi connectivity index (χ0n) is 16.0. The highest BCUT2D eigenvalue weighted by Gasteiger charge is 2.31. The van der Waals surface area contributed by atoms with Gasteiger partial charge in [0.15, 0.2) is 0 Å². The predicted octanol–water partition coefficient (Wildman–Crippen LogP) is 0.867. The Labute approximate surface area is 168 Å². The first-order valence-corrected chi connectivity index (χ1v) is 9.71. The van der Waals surface area contributed by atoms with Crippen molar-refractivity contribution in [1.82, 2.24) is 20.1 Å². The first-order valence-electron chi connectivity index (χ1n) is 9.71. The summed E-state index contributed by atoms with van der Waals surface area (Å²) in [6.45, 7) is 3.43. The third-order valence-corrected chi connectivity index (χ3v) is 5.27. The van der Waals surface area contributed by atoms with E-state index < -0.39 is 6.04 Å². The Bertz CT molecular complexity index is 910. The summed E-state index contributed by atoms with van der Waals surface area (Å²) in [4.78, 5) is 46.0. The van der Waals surface area contributed by atoms with Crippen LogP contribution in [-0.2, 0) is 16.1 Å². The number of piperazine rings is 1. The van der Waals surface area contributed by atoms with Gasteiger partial charge in [-0.15, -0.1) is 0 Å². The van der Waals surface area contributed by atoms with Crippen molar-refractivity contribution in [3.05, 3.63) is 59.9 Å². The summed E-state index contributed by atoms with van der Waals surface area (Å²) in [5, 5.41) is 5.42. The van der Waals surface area contributed by atoms with E-state index in [1.807, 2.05) is 18.2 Å².